The summed E-state index contributed by atoms with van der Waals surface area (Å²) in [7, 11) is 1.70. The van der Waals surface area contributed by atoms with Gasteiger partial charge in [-0.2, -0.15) is 0 Å². The minimum atomic E-state index is 0.181. The number of allylic oxidation sites excluding steroid dienone is 2. The number of hydrogen-bond donors (Lipinski definition) is 1. The summed E-state index contributed by atoms with van der Waals surface area (Å²) in [6.45, 7) is 0. The van der Waals surface area contributed by atoms with Gasteiger partial charge >= 0.3 is 0 Å². The van der Waals surface area contributed by atoms with Crippen molar-refractivity contribution in [1.29, 1.82) is 0 Å². The molecule has 1 N–H and O–H groups in total. The zero-order valence-electron chi connectivity index (χ0n) is 12.7. The minimum absolute atomic E-state index is 0.181. The molecular formula is C19H17Cl2NO. The highest BCUT2D eigenvalue weighted by atomic mass is 35.5. The second-order valence-electron chi connectivity index (χ2n) is 6.09. The molecule has 4 heteroatoms. The van der Waals surface area contributed by atoms with E-state index in [0.29, 0.717) is 16.9 Å². The average molecular weight is 346 g/mol. The standard InChI is InChI=1S/C19H17Cl2NO/c1-23-12-6-8-18-16(10-12)13-3-2-4-14(13)19(22-18)15-7-5-11(20)9-17(15)21/h2-3,5-10,13-14,19,22H,4H2,1H3/t13-,14+,19+/m0/s1. The number of benzene rings is 2. The molecule has 0 saturated heterocycles. The smallest absolute Gasteiger partial charge is 0.119 e. The van der Waals surface area contributed by atoms with Crippen molar-refractivity contribution in [2.75, 3.05) is 12.4 Å². The number of ether oxygens (including phenoxy) is 1. The molecule has 0 saturated carbocycles. The summed E-state index contributed by atoms with van der Waals surface area (Å²) in [5.41, 5.74) is 3.55. The van der Waals surface area contributed by atoms with Crippen LogP contribution in [0.15, 0.2) is 48.6 Å². The van der Waals surface area contributed by atoms with Gasteiger partial charge in [-0.3, -0.25) is 0 Å². The van der Waals surface area contributed by atoms with Crippen LogP contribution in [-0.4, -0.2) is 7.11 Å². The highest BCUT2D eigenvalue weighted by Crippen LogP contribution is 2.51. The molecule has 0 radical (unpaired) electrons. The van der Waals surface area contributed by atoms with Gasteiger partial charge in [-0.1, -0.05) is 41.4 Å². The van der Waals surface area contributed by atoms with Crippen LogP contribution < -0.4 is 10.1 Å². The van der Waals surface area contributed by atoms with Gasteiger partial charge in [-0.05, 0) is 53.8 Å². The molecule has 3 atom stereocenters. The number of methoxy groups -OCH3 is 1. The third kappa shape index (κ3) is 2.50. The maximum absolute atomic E-state index is 6.46. The Hall–Kier alpha value is -1.64. The van der Waals surface area contributed by atoms with E-state index in [1.165, 1.54) is 5.56 Å². The van der Waals surface area contributed by atoms with Crippen LogP contribution in [-0.2, 0) is 0 Å². The van der Waals surface area contributed by atoms with Gasteiger partial charge in [0, 0.05) is 21.7 Å². The lowest BCUT2D eigenvalue weighted by atomic mass is 9.77. The molecule has 4 rings (SSSR count). The first kappa shape index (κ1) is 14.9. The number of fused-ring (bicyclic) bond motifs is 3. The Labute approximate surface area is 146 Å². The fourth-order valence-corrected chi connectivity index (χ4v) is 4.29. The van der Waals surface area contributed by atoms with Crippen molar-refractivity contribution in [1.82, 2.24) is 0 Å². The Morgan fingerprint density at radius 1 is 1.09 bits per heavy atom. The molecule has 2 nitrogen and oxygen atoms in total. The van der Waals surface area contributed by atoms with Crippen LogP contribution in [0.2, 0.25) is 10.0 Å². The Kier molecular flexibility index (Phi) is 3.74. The van der Waals surface area contributed by atoms with E-state index in [9.17, 15) is 0 Å². The van der Waals surface area contributed by atoms with Crippen LogP contribution in [0.3, 0.4) is 0 Å². The lowest BCUT2D eigenvalue weighted by molar-refractivity contribution is 0.405. The lowest BCUT2D eigenvalue weighted by Crippen LogP contribution is -2.29. The topological polar surface area (TPSA) is 21.3 Å². The Bertz CT molecular complexity index is 787. The zero-order valence-corrected chi connectivity index (χ0v) is 14.2. The molecule has 0 bridgehead atoms. The second-order valence-corrected chi connectivity index (χ2v) is 6.94. The first-order valence-electron chi connectivity index (χ1n) is 7.73. The van der Waals surface area contributed by atoms with Crippen LogP contribution in [0.5, 0.6) is 5.75 Å². The molecule has 0 fully saturated rings. The predicted octanol–water partition coefficient (Wildman–Crippen LogP) is 5.83. The summed E-state index contributed by atoms with van der Waals surface area (Å²) < 4.78 is 5.38. The first-order chi connectivity index (χ1) is 11.2. The van der Waals surface area contributed by atoms with Crippen molar-refractivity contribution in [3.05, 3.63) is 69.7 Å². The molecule has 1 aliphatic carbocycles. The van der Waals surface area contributed by atoms with E-state index in [2.05, 4.69) is 29.6 Å². The van der Waals surface area contributed by atoms with Crippen LogP contribution in [0, 0.1) is 5.92 Å². The quantitative estimate of drug-likeness (QED) is 0.691. The molecule has 23 heavy (non-hydrogen) atoms. The van der Waals surface area contributed by atoms with Gasteiger partial charge in [-0.15, -0.1) is 0 Å². The first-order valence-corrected chi connectivity index (χ1v) is 8.49. The molecular weight excluding hydrogens is 329 g/mol. The third-order valence-electron chi connectivity index (χ3n) is 4.87. The molecule has 1 heterocycles. The summed E-state index contributed by atoms with van der Waals surface area (Å²) in [5.74, 6) is 1.74. The molecule has 2 aliphatic rings. The Morgan fingerprint density at radius 2 is 1.96 bits per heavy atom. The summed E-state index contributed by atoms with van der Waals surface area (Å²) >= 11 is 12.5. The van der Waals surface area contributed by atoms with Crippen molar-refractivity contribution in [3.8, 4) is 5.75 Å². The van der Waals surface area contributed by atoms with Gasteiger partial charge in [0.05, 0.1) is 13.2 Å². The van der Waals surface area contributed by atoms with Crippen molar-refractivity contribution in [3.63, 3.8) is 0 Å². The monoisotopic (exact) mass is 345 g/mol. The van der Waals surface area contributed by atoms with E-state index in [1.54, 1.807) is 7.11 Å². The fourth-order valence-electron chi connectivity index (χ4n) is 3.76. The van der Waals surface area contributed by atoms with E-state index in [-0.39, 0.29) is 6.04 Å². The van der Waals surface area contributed by atoms with E-state index >= 15 is 0 Å². The van der Waals surface area contributed by atoms with E-state index in [0.717, 1.165) is 28.4 Å². The summed E-state index contributed by atoms with van der Waals surface area (Å²) in [5, 5.41) is 5.06. The molecule has 0 spiro atoms. The number of anilines is 1. The van der Waals surface area contributed by atoms with Gasteiger partial charge in [-0.25, -0.2) is 0 Å². The number of hydrogen-bond acceptors (Lipinski definition) is 2. The van der Waals surface area contributed by atoms with Crippen molar-refractivity contribution < 1.29 is 4.74 Å². The van der Waals surface area contributed by atoms with E-state index in [4.69, 9.17) is 27.9 Å². The largest absolute Gasteiger partial charge is 0.497 e. The van der Waals surface area contributed by atoms with Crippen LogP contribution in [0.4, 0.5) is 5.69 Å². The molecule has 1 aliphatic heterocycles. The number of rotatable bonds is 2. The van der Waals surface area contributed by atoms with Gasteiger partial charge in [0.15, 0.2) is 0 Å². The normalized spacial score (nSPS) is 24.7. The fraction of sp³-hybridized carbons (Fsp3) is 0.263. The Balaban J connectivity index is 1.79. The van der Waals surface area contributed by atoms with Gasteiger partial charge in [0.1, 0.15) is 5.75 Å². The highest BCUT2D eigenvalue weighted by Gasteiger charge is 2.38. The van der Waals surface area contributed by atoms with Crippen molar-refractivity contribution >= 4 is 28.9 Å². The van der Waals surface area contributed by atoms with Gasteiger partial charge in [0.25, 0.3) is 0 Å². The second kappa shape index (κ2) is 5.77. The SMILES string of the molecule is COc1ccc2c(c1)[C@H]1C=CC[C@H]1[C@H](c1ccc(Cl)cc1Cl)N2. The molecule has 0 aromatic heterocycles. The summed E-state index contributed by atoms with van der Waals surface area (Å²) in [6, 6.07) is 12.2. The van der Waals surface area contributed by atoms with E-state index < -0.39 is 0 Å². The average Bonchev–Trinajstić information content (AvgIpc) is 3.04. The zero-order chi connectivity index (χ0) is 16.0. The number of halogens is 2. The van der Waals surface area contributed by atoms with Gasteiger partial charge < -0.3 is 10.1 Å². The summed E-state index contributed by atoms with van der Waals surface area (Å²) in [4.78, 5) is 0. The molecule has 118 valence electrons. The van der Waals surface area contributed by atoms with Gasteiger partial charge in [0.2, 0.25) is 0 Å². The Morgan fingerprint density at radius 3 is 2.74 bits per heavy atom. The van der Waals surface area contributed by atoms with Crippen LogP contribution in [0.25, 0.3) is 0 Å². The van der Waals surface area contributed by atoms with Crippen LogP contribution in [0.1, 0.15) is 29.5 Å². The highest BCUT2D eigenvalue weighted by molar-refractivity contribution is 6.35. The molecule has 0 unspecified atom stereocenters. The van der Waals surface area contributed by atoms with Crippen LogP contribution >= 0.6 is 23.2 Å². The minimum Gasteiger partial charge on any atom is -0.497 e. The maximum atomic E-state index is 6.46. The lowest BCUT2D eigenvalue weighted by Gasteiger charge is -2.38. The summed E-state index contributed by atoms with van der Waals surface area (Å²) in [6.07, 6.45) is 5.61. The molecule has 2 aromatic rings. The van der Waals surface area contributed by atoms with Crippen molar-refractivity contribution in [2.24, 2.45) is 5.92 Å². The molecule has 0 amide bonds. The van der Waals surface area contributed by atoms with Crippen molar-refractivity contribution in [2.45, 2.75) is 18.4 Å². The number of nitrogens with one attached hydrogen (secondary N) is 1. The third-order valence-corrected chi connectivity index (χ3v) is 5.43. The molecule has 2 aromatic carbocycles. The van der Waals surface area contributed by atoms with E-state index in [1.807, 2.05) is 24.3 Å². The maximum Gasteiger partial charge on any atom is 0.119 e. The predicted molar refractivity (Wildman–Crippen MR) is 95.8 cm³/mol.